The SMILES string of the molecule is CC[C@@H](C(=O)c1ccc(O)c(OC)c1)c1ccc(O)c(OC)c1. The minimum Gasteiger partial charge on any atom is -0.504 e. The van der Waals surface area contributed by atoms with Crippen LogP contribution in [0.5, 0.6) is 23.0 Å². The molecule has 5 heteroatoms. The van der Waals surface area contributed by atoms with Crippen molar-refractivity contribution in [3.63, 3.8) is 0 Å². The molecule has 0 fully saturated rings. The summed E-state index contributed by atoms with van der Waals surface area (Å²) in [5.41, 5.74) is 1.22. The van der Waals surface area contributed by atoms with E-state index in [1.165, 1.54) is 32.4 Å². The van der Waals surface area contributed by atoms with Crippen LogP contribution in [0.25, 0.3) is 0 Å². The molecule has 5 nitrogen and oxygen atoms in total. The third-order valence-corrected chi connectivity index (χ3v) is 3.80. The van der Waals surface area contributed by atoms with Gasteiger partial charge in [-0.1, -0.05) is 13.0 Å². The first-order chi connectivity index (χ1) is 11.0. The Labute approximate surface area is 135 Å². The van der Waals surface area contributed by atoms with E-state index in [9.17, 15) is 15.0 Å². The molecule has 0 radical (unpaired) electrons. The second-order valence-corrected chi connectivity index (χ2v) is 5.14. The Morgan fingerprint density at radius 1 is 1.00 bits per heavy atom. The average Bonchev–Trinajstić information content (AvgIpc) is 2.57. The van der Waals surface area contributed by atoms with E-state index >= 15 is 0 Å². The third kappa shape index (κ3) is 3.39. The molecule has 0 aliphatic carbocycles. The Morgan fingerprint density at radius 2 is 1.57 bits per heavy atom. The van der Waals surface area contributed by atoms with Gasteiger partial charge in [0.2, 0.25) is 0 Å². The zero-order valence-corrected chi connectivity index (χ0v) is 13.4. The van der Waals surface area contributed by atoms with Crippen LogP contribution >= 0.6 is 0 Å². The van der Waals surface area contributed by atoms with Crippen molar-refractivity contribution in [2.45, 2.75) is 19.3 Å². The summed E-state index contributed by atoms with van der Waals surface area (Å²) in [4.78, 5) is 12.8. The van der Waals surface area contributed by atoms with E-state index in [0.29, 0.717) is 17.7 Å². The van der Waals surface area contributed by atoms with Gasteiger partial charge in [0.15, 0.2) is 28.8 Å². The third-order valence-electron chi connectivity index (χ3n) is 3.80. The molecule has 0 amide bonds. The van der Waals surface area contributed by atoms with Crippen LogP contribution in [0.3, 0.4) is 0 Å². The molecule has 0 heterocycles. The summed E-state index contributed by atoms with van der Waals surface area (Å²) in [5.74, 6) is 0.150. The van der Waals surface area contributed by atoms with Crippen molar-refractivity contribution in [2.24, 2.45) is 0 Å². The summed E-state index contributed by atoms with van der Waals surface area (Å²) in [6, 6.07) is 9.43. The zero-order chi connectivity index (χ0) is 17.0. The van der Waals surface area contributed by atoms with Gasteiger partial charge < -0.3 is 19.7 Å². The Bertz CT molecular complexity index is 709. The molecule has 2 rings (SSSR count). The first-order valence-corrected chi connectivity index (χ1v) is 7.29. The molecule has 0 unspecified atom stereocenters. The van der Waals surface area contributed by atoms with Crippen molar-refractivity contribution in [2.75, 3.05) is 14.2 Å². The highest BCUT2D eigenvalue weighted by atomic mass is 16.5. The second kappa shape index (κ2) is 7.05. The average molecular weight is 316 g/mol. The lowest BCUT2D eigenvalue weighted by atomic mass is 9.88. The quantitative estimate of drug-likeness (QED) is 0.798. The maximum absolute atomic E-state index is 12.8. The zero-order valence-electron chi connectivity index (χ0n) is 13.4. The first kappa shape index (κ1) is 16.7. The van der Waals surface area contributed by atoms with Gasteiger partial charge in [0.1, 0.15) is 0 Å². The van der Waals surface area contributed by atoms with Gasteiger partial charge in [0.25, 0.3) is 0 Å². The van der Waals surface area contributed by atoms with Crippen molar-refractivity contribution in [3.05, 3.63) is 47.5 Å². The standard InChI is InChI=1S/C18H20O5/c1-4-13(11-5-7-14(19)16(9-11)22-2)18(21)12-6-8-15(20)17(10-12)23-3/h5-10,13,19-20H,4H2,1-3H3/t13-/m1/s1. The maximum Gasteiger partial charge on any atom is 0.170 e. The number of ether oxygens (including phenoxy) is 2. The smallest absolute Gasteiger partial charge is 0.170 e. The number of rotatable bonds is 6. The maximum atomic E-state index is 12.8. The van der Waals surface area contributed by atoms with E-state index in [0.717, 1.165) is 5.56 Å². The number of hydrogen-bond donors (Lipinski definition) is 2. The Morgan fingerprint density at radius 3 is 2.13 bits per heavy atom. The highest BCUT2D eigenvalue weighted by Gasteiger charge is 2.22. The van der Waals surface area contributed by atoms with Crippen LogP contribution in [0.1, 0.15) is 35.2 Å². The van der Waals surface area contributed by atoms with Crippen LogP contribution < -0.4 is 9.47 Å². The van der Waals surface area contributed by atoms with Gasteiger partial charge in [0.05, 0.1) is 14.2 Å². The highest BCUT2D eigenvalue weighted by molar-refractivity contribution is 6.01. The number of Topliss-reactive ketones (excluding diaryl/α,β-unsaturated/α-hetero) is 1. The molecule has 2 aromatic carbocycles. The summed E-state index contributed by atoms with van der Waals surface area (Å²) in [7, 11) is 2.90. The second-order valence-electron chi connectivity index (χ2n) is 5.14. The fourth-order valence-electron chi connectivity index (χ4n) is 2.52. The predicted molar refractivity (Wildman–Crippen MR) is 86.7 cm³/mol. The molecule has 122 valence electrons. The molecular formula is C18H20O5. The molecular weight excluding hydrogens is 296 g/mol. The summed E-state index contributed by atoms with van der Waals surface area (Å²) in [6.07, 6.45) is 0.593. The Balaban J connectivity index is 2.39. The number of hydrogen-bond acceptors (Lipinski definition) is 5. The van der Waals surface area contributed by atoms with Crippen LogP contribution in [0, 0.1) is 0 Å². The van der Waals surface area contributed by atoms with E-state index in [1.807, 2.05) is 6.92 Å². The van der Waals surface area contributed by atoms with Crippen molar-refractivity contribution in [1.29, 1.82) is 0 Å². The molecule has 0 aromatic heterocycles. The predicted octanol–water partition coefficient (Wildman–Crippen LogP) is 3.49. The molecule has 2 aromatic rings. The van der Waals surface area contributed by atoms with Gasteiger partial charge in [-0.2, -0.15) is 0 Å². The molecule has 0 spiro atoms. The number of ketones is 1. The molecule has 0 aliphatic rings. The molecule has 1 atom stereocenters. The number of carbonyl (C=O) groups excluding carboxylic acids is 1. The normalized spacial score (nSPS) is 11.8. The lowest BCUT2D eigenvalue weighted by molar-refractivity contribution is 0.0957. The summed E-state index contributed by atoms with van der Waals surface area (Å²) in [5, 5.41) is 19.3. The van der Waals surface area contributed by atoms with Crippen LogP contribution in [-0.2, 0) is 0 Å². The number of benzene rings is 2. The van der Waals surface area contributed by atoms with Gasteiger partial charge in [-0.15, -0.1) is 0 Å². The fourth-order valence-corrected chi connectivity index (χ4v) is 2.52. The topological polar surface area (TPSA) is 76.0 Å². The lowest BCUT2D eigenvalue weighted by Gasteiger charge is -2.16. The summed E-state index contributed by atoms with van der Waals surface area (Å²) >= 11 is 0. The number of carbonyl (C=O) groups is 1. The number of phenols is 2. The van der Waals surface area contributed by atoms with Crippen LogP contribution in [0.15, 0.2) is 36.4 Å². The van der Waals surface area contributed by atoms with Crippen molar-refractivity contribution < 1.29 is 24.5 Å². The van der Waals surface area contributed by atoms with Gasteiger partial charge in [-0.05, 0) is 42.3 Å². The molecule has 2 N–H and O–H groups in total. The van der Waals surface area contributed by atoms with E-state index in [-0.39, 0.29) is 28.9 Å². The van der Waals surface area contributed by atoms with Gasteiger partial charge in [0, 0.05) is 11.5 Å². The van der Waals surface area contributed by atoms with E-state index < -0.39 is 0 Å². The van der Waals surface area contributed by atoms with Crippen LogP contribution in [-0.4, -0.2) is 30.2 Å². The van der Waals surface area contributed by atoms with Crippen molar-refractivity contribution in [3.8, 4) is 23.0 Å². The molecule has 0 bridgehead atoms. The number of phenolic OH excluding ortho intramolecular Hbond substituents is 2. The van der Waals surface area contributed by atoms with Crippen LogP contribution in [0.4, 0.5) is 0 Å². The summed E-state index contributed by atoms with van der Waals surface area (Å²) in [6.45, 7) is 1.92. The minimum absolute atomic E-state index is 0.0107. The number of methoxy groups -OCH3 is 2. The van der Waals surface area contributed by atoms with Gasteiger partial charge >= 0.3 is 0 Å². The van der Waals surface area contributed by atoms with E-state index in [4.69, 9.17) is 9.47 Å². The van der Waals surface area contributed by atoms with Crippen LogP contribution in [0.2, 0.25) is 0 Å². The highest BCUT2D eigenvalue weighted by Crippen LogP contribution is 2.34. The Kier molecular flexibility index (Phi) is 5.11. The fraction of sp³-hybridized carbons (Fsp3) is 0.278. The van der Waals surface area contributed by atoms with Gasteiger partial charge in [-0.25, -0.2) is 0 Å². The summed E-state index contributed by atoms with van der Waals surface area (Å²) < 4.78 is 10.2. The number of aromatic hydroxyl groups is 2. The largest absolute Gasteiger partial charge is 0.504 e. The minimum atomic E-state index is -0.376. The molecule has 23 heavy (non-hydrogen) atoms. The molecule has 0 saturated heterocycles. The molecule has 0 aliphatic heterocycles. The van der Waals surface area contributed by atoms with E-state index in [2.05, 4.69) is 0 Å². The Hall–Kier alpha value is -2.69. The lowest BCUT2D eigenvalue weighted by Crippen LogP contribution is -2.12. The van der Waals surface area contributed by atoms with Crippen molar-refractivity contribution in [1.82, 2.24) is 0 Å². The molecule has 0 saturated carbocycles. The first-order valence-electron chi connectivity index (χ1n) is 7.29. The van der Waals surface area contributed by atoms with Crippen molar-refractivity contribution >= 4 is 5.78 Å². The monoisotopic (exact) mass is 316 g/mol. The van der Waals surface area contributed by atoms with E-state index in [1.54, 1.807) is 18.2 Å². The van der Waals surface area contributed by atoms with Gasteiger partial charge in [-0.3, -0.25) is 4.79 Å².